The molecule has 7 heteroatoms. The number of alkyl carbamates (subject to hydrolysis) is 1. The Morgan fingerprint density at radius 1 is 1.00 bits per heavy atom. The van der Waals surface area contributed by atoms with Gasteiger partial charge in [-0.2, -0.15) is 0 Å². The highest BCUT2D eigenvalue weighted by Gasteiger charge is 2.34. The molecule has 0 aromatic heterocycles. The zero-order chi connectivity index (χ0) is 24.2. The zero-order valence-electron chi connectivity index (χ0n) is 19.6. The first-order valence-electron chi connectivity index (χ1n) is 12.0. The molecule has 4 rings (SSSR count). The Bertz CT molecular complexity index is 1020. The third-order valence-electron chi connectivity index (χ3n) is 7.08. The molecule has 1 fully saturated rings. The van der Waals surface area contributed by atoms with Gasteiger partial charge in [0.1, 0.15) is 12.6 Å². The van der Waals surface area contributed by atoms with Crippen LogP contribution in [0.1, 0.15) is 50.2 Å². The molecule has 180 valence electrons. The van der Waals surface area contributed by atoms with E-state index in [4.69, 9.17) is 4.74 Å². The van der Waals surface area contributed by atoms with Gasteiger partial charge < -0.3 is 20.5 Å². The molecule has 0 heterocycles. The lowest BCUT2D eigenvalue weighted by molar-refractivity contribution is -0.143. The van der Waals surface area contributed by atoms with Gasteiger partial charge in [-0.25, -0.2) is 4.79 Å². The minimum absolute atomic E-state index is 0.0557. The molecule has 0 bridgehead atoms. The molecule has 2 aromatic carbocycles. The normalized spacial score (nSPS) is 19.9. The highest BCUT2D eigenvalue weighted by atomic mass is 16.5. The van der Waals surface area contributed by atoms with Crippen molar-refractivity contribution >= 4 is 18.0 Å². The third-order valence-corrected chi connectivity index (χ3v) is 7.08. The largest absolute Gasteiger partial charge is 0.481 e. The number of rotatable bonds is 8. The van der Waals surface area contributed by atoms with E-state index in [-0.39, 0.29) is 30.3 Å². The molecule has 2 amide bonds. The van der Waals surface area contributed by atoms with Crippen LogP contribution in [0.25, 0.3) is 11.1 Å². The number of carboxylic acid groups (broad SMARTS) is 1. The number of benzene rings is 2. The molecule has 2 aliphatic carbocycles. The molecule has 2 aromatic rings. The van der Waals surface area contributed by atoms with Crippen molar-refractivity contribution < 1.29 is 24.2 Å². The predicted octanol–water partition coefficient (Wildman–Crippen LogP) is 4.17. The fourth-order valence-electron chi connectivity index (χ4n) is 5.25. The number of carboxylic acids is 1. The van der Waals surface area contributed by atoms with Gasteiger partial charge >= 0.3 is 12.1 Å². The maximum atomic E-state index is 12.8. The van der Waals surface area contributed by atoms with Crippen LogP contribution in [0.5, 0.6) is 0 Å². The van der Waals surface area contributed by atoms with Gasteiger partial charge in [0.15, 0.2) is 0 Å². The first-order chi connectivity index (χ1) is 16.4. The van der Waals surface area contributed by atoms with Gasteiger partial charge in [-0.3, -0.25) is 9.59 Å². The molecular formula is C27H32N2O5. The summed E-state index contributed by atoms with van der Waals surface area (Å²) in [4.78, 5) is 36.9. The fraction of sp³-hybridized carbons (Fsp3) is 0.444. The summed E-state index contributed by atoms with van der Waals surface area (Å²) in [6.45, 7) is 4.17. The number of aliphatic carboxylic acids is 1. The van der Waals surface area contributed by atoms with E-state index in [1.165, 1.54) is 0 Å². The van der Waals surface area contributed by atoms with E-state index in [9.17, 15) is 19.5 Å². The molecule has 0 unspecified atom stereocenters. The molecule has 7 nitrogen and oxygen atoms in total. The Morgan fingerprint density at radius 2 is 1.62 bits per heavy atom. The molecule has 1 saturated carbocycles. The number of ether oxygens (including phenoxy) is 1. The molecule has 3 N–H and O–H groups in total. The van der Waals surface area contributed by atoms with Crippen molar-refractivity contribution in [2.75, 3.05) is 13.2 Å². The molecule has 3 atom stereocenters. The molecule has 0 aliphatic heterocycles. The lowest BCUT2D eigenvalue weighted by atomic mass is 9.96. The van der Waals surface area contributed by atoms with Crippen LogP contribution in [0.4, 0.5) is 4.79 Å². The number of fused-ring (bicyclic) bond motifs is 3. The molecule has 0 radical (unpaired) electrons. The second kappa shape index (κ2) is 10.3. The Labute approximate surface area is 199 Å². The number of carbonyl (C=O) groups is 3. The summed E-state index contributed by atoms with van der Waals surface area (Å²) in [5.74, 6) is -1.84. The zero-order valence-corrected chi connectivity index (χ0v) is 19.6. The first kappa shape index (κ1) is 23.8. The summed E-state index contributed by atoms with van der Waals surface area (Å²) in [6, 6.07) is 15.5. The Morgan fingerprint density at radius 3 is 2.21 bits per heavy atom. The van der Waals surface area contributed by atoms with Crippen molar-refractivity contribution in [1.82, 2.24) is 10.6 Å². The Kier molecular flexibility index (Phi) is 7.20. The molecule has 34 heavy (non-hydrogen) atoms. The van der Waals surface area contributed by atoms with Crippen molar-refractivity contribution in [3.05, 3.63) is 59.7 Å². The van der Waals surface area contributed by atoms with E-state index in [0.717, 1.165) is 35.1 Å². The first-order valence-corrected chi connectivity index (χ1v) is 12.0. The Balaban J connectivity index is 1.35. The van der Waals surface area contributed by atoms with Gasteiger partial charge in [-0.05, 0) is 46.9 Å². The average Bonchev–Trinajstić information content (AvgIpc) is 3.42. The average molecular weight is 465 g/mol. The van der Waals surface area contributed by atoms with E-state index in [2.05, 4.69) is 34.9 Å². The van der Waals surface area contributed by atoms with Gasteiger partial charge in [-0.15, -0.1) is 0 Å². The molecular weight excluding hydrogens is 432 g/mol. The predicted molar refractivity (Wildman–Crippen MR) is 128 cm³/mol. The fourth-order valence-corrected chi connectivity index (χ4v) is 5.25. The van der Waals surface area contributed by atoms with Crippen LogP contribution in [-0.2, 0) is 14.3 Å². The van der Waals surface area contributed by atoms with Crippen LogP contribution in [0.3, 0.4) is 0 Å². The smallest absolute Gasteiger partial charge is 0.407 e. The van der Waals surface area contributed by atoms with E-state index >= 15 is 0 Å². The van der Waals surface area contributed by atoms with Crippen molar-refractivity contribution in [1.29, 1.82) is 0 Å². The SMILES string of the molecule is CC(C)[C@H](NC(=O)OCC1c2ccccc2-c2ccccc21)C(=O)NC[C@H]1CCC[C@H]1C(=O)O. The lowest BCUT2D eigenvalue weighted by Crippen LogP contribution is -2.51. The minimum Gasteiger partial charge on any atom is -0.481 e. The van der Waals surface area contributed by atoms with Crippen LogP contribution in [0.15, 0.2) is 48.5 Å². The van der Waals surface area contributed by atoms with E-state index < -0.39 is 24.0 Å². The third kappa shape index (κ3) is 4.93. The van der Waals surface area contributed by atoms with Gasteiger partial charge in [0.2, 0.25) is 5.91 Å². The van der Waals surface area contributed by atoms with Crippen molar-refractivity contribution in [3.8, 4) is 11.1 Å². The summed E-state index contributed by atoms with van der Waals surface area (Å²) in [7, 11) is 0. The summed E-state index contributed by atoms with van der Waals surface area (Å²) in [6.07, 6.45) is 1.63. The van der Waals surface area contributed by atoms with Crippen LogP contribution >= 0.6 is 0 Å². The van der Waals surface area contributed by atoms with E-state index in [1.807, 2.05) is 38.1 Å². The van der Waals surface area contributed by atoms with Crippen LogP contribution in [0, 0.1) is 17.8 Å². The topological polar surface area (TPSA) is 105 Å². The molecule has 2 aliphatic rings. The summed E-state index contributed by atoms with van der Waals surface area (Å²) < 4.78 is 5.59. The maximum absolute atomic E-state index is 12.8. The number of amides is 2. The van der Waals surface area contributed by atoms with Gasteiger partial charge in [0.05, 0.1) is 5.92 Å². The number of carbonyl (C=O) groups excluding carboxylic acids is 2. The van der Waals surface area contributed by atoms with Crippen molar-refractivity contribution in [2.24, 2.45) is 17.8 Å². The summed E-state index contributed by atoms with van der Waals surface area (Å²) >= 11 is 0. The highest BCUT2D eigenvalue weighted by molar-refractivity contribution is 5.86. The number of nitrogens with one attached hydrogen (secondary N) is 2. The monoisotopic (exact) mass is 464 g/mol. The second-order valence-corrected chi connectivity index (χ2v) is 9.57. The maximum Gasteiger partial charge on any atom is 0.407 e. The lowest BCUT2D eigenvalue weighted by Gasteiger charge is -2.24. The second-order valence-electron chi connectivity index (χ2n) is 9.57. The standard InChI is InChI=1S/C27H32N2O5/c1-16(2)24(25(30)28-14-17-8-7-13-18(17)26(31)32)29-27(33)34-15-23-21-11-5-3-9-19(21)20-10-4-6-12-22(20)23/h3-6,9-12,16-18,23-24H,7-8,13-15H2,1-2H3,(H,28,30)(H,29,33)(H,31,32)/t17-,18-,24+/m1/s1. The van der Waals surface area contributed by atoms with Crippen molar-refractivity contribution in [3.63, 3.8) is 0 Å². The minimum atomic E-state index is -0.811. The summed E-state index contributed by atoms with van der Waals surface area (Å²) in [5.41, 5.74) is 4.55. The molecule has 0 spiro atoms. The van der Waals surface area contributed by atoms with Gasteiger partial charge in [0, 0.05) is 12.5 Å². The number of hydrogen-bond acceptors (Lipinski definition) is 4. The van der Waals surface area contributed by atoms with Crippen LogP contribution in [0.2, 0.25) is 0 Å². The van der Waals surface area contributed by atoms with Gasteiger partial charge in [0.25, 0.3) is 0 Å². The van der Waals surface area contributed by atoms with E-state index in [0.29, 0.717) is 13.0 Å². The van der Waals surface area contributed by atoms with Crippen LogP contribution < -0.4 is 10.6 Å². The highest BCUT2D eigenvalue weighted by Crippen LogP contribution is 2.44. The quantitative estimate of drug-likeness (QED) is 0.544. The Hall–Kier alpha value is -3.35. The van der Waals surface area contributed by atoms with Crippen molar-refractivity contribution in [2.45, 2.75) is 45.1 Å². The van der Waals surface area contributed by atoms with E-state index in [1.54, 1.807) is 0 Å². The summed E-state index contributed by atoms with van der Waals surface area (Å²) in [5, 5.41) is 14.9. The van der Waals surface area contributed by atoms with Gasteiger partial charge in [-0.1, -0.05) is 68.8 Å². The number of hydrogen-bond donors (Lipinski definition) is 3. The molecule has 0 saturated heterocycles. The van der Waals surface area contributed by atoms with Crippen LogP contribution in [-0.4, -0.2) is 42.3 Å².